The van der Waals surface area contributed by atoms with Crippen molar-refractivity contribution in [2.75, 3.05) is 6.61 Å². The molecule has 0 aliphatic heterocycles. The van der Waals surface area contributed by atoms with Gasteiger partial charge < -0.3 is 15.2 Å². The smallest absolute Gasteiger partial charge is 0.303 e. The Labute approximate surface area is 141 Å². The van der Waals surface area contributed by atoms with Gasteiger partial charge in [-0.2, -0.15) is 0 Å². The van der Waals surface area contributed by atoms with Crippen molar-refractivity contribution in [3.8, 4) is 5.75 Å². The Bertz CT molecular complexity index is 668. The van der Waals surface area contributed by atoms with E-state index in [1.165, 1.54) is 0 Å². The van der Waals surface area contributed by atoms with Crippen LogP contribution in [0, 0.1) is 6.92 Å². The summed E-state index contributed by atoms with van der Waals surface area (Å²) in [4.78, 5) is 22.9. The van der Waals surface area contributed by atoms with E-state index in [0.717, 1.165) is 11.1 Å². The van der Waals surface area contributed by atoms with Crippen LogP contribution >= 0.6 is 0 Å². The Kier molecular flexibility index (Phi) is 6.37. The normalized spacial score (nSPS) is 11.5. The molecule has 0 fully saturated rings. The predicted molar refractivity (Wildman–Crippen MR) is 90.9 cm³/mol. The van der Waals surface area contributed by atoms with Gasteiger partial charge in [-0.05, 0) is 31.0 Å². The number of amides is 1. The number of benzene rings is 2. The fourth-order valence-electron chi connectivity index (χ4n) is 2.29. The number of ether oxygens (including phenoxy) is 1. The van der Waals surface area contributed by atoms with Crippen molar-refractivity contribution in [3.63, 3.8) is 0 Å². The summed E-state index contributed by atoms with van der Waals surface area (Å²) in [5, 5.41) is 11.7. The van der Waals surface area contributed by atoms with E-state index in [1.54, 1.807) is 0 Å². The van der Waals surface area contributed by atoms with Crippen LogP contribution in [-0.2, 0) is 9.59 Å². The molecule has 0 saturated carbocycles. The van der Waals surface area contributed by atoms with Gasteiger partial charge in [-0.15, -0.1) is 0 Å². The first kappa shape index (κ1) is 17.5. The van der Waals surface area contributed by atoms with Gasteiger partial charge in [0.25, 0.3) is 5.91 Å². The molecule has 1 atom stereocenters. The number of aryl methyl sites for hydroxylation is 1. The van der Waals surface area contributed by atoms with E-state index in [2.05, 4.69) is 5.32 Å². The van der Waals surface area contributed by atoms with Crippen LogP contribution in [0.25, 0.3) is 0 Å². The van der Waals surface area contributed by atoms with Crippen molar-refractivity contribution >= 4 is 11.9 Å². The minimum absolute atomic E-state index is 0.0152. The van der Waals surface area contributed by atoms with Crippen molar-refractivity contribution in [3.05, 3.63) is 65.7 Å². The number of nitrogens with one attached hydrogen (secondary N) is 1. The van der Waals surface area contributed by atoms with E-state index in [1.807, 2.05) is 61.5 Å². The van der Waals surface area contributed by atoms with E-state index < -0.39 is 5.97 Å². The average Bonchev–Trinajstić information content (AvgIpc) is 2.58. The number of carboxylic acid groups (broad SMARTS) is 1. The number of carbonyl (C=O) groups is 2. The molecule has 0 saturated heterocycles. The highest BCUT2D eigenvalue weighted by molar-refractivity contribution is 5.78. The van der Waals surface area contributed by atoms with Gasteiger partial charge in [-0.25, -0.2) is 0 Å². The molecule has 1 unspecified atom stereocenters. The van der Waals surface area contributed by atoms with Crippen LogP contribution in [0.1, 0.15) is 30.0 Å². The van der Waals surface area contributed by atoms with Crippen molar-refractivity contribution < 1.29 is 19.4 Å². The number of hydrogen-bond acceptors (Lipinski definition) is 3. The lowest BCUT2D eigenvalue weighted by Crippen LogP contribution is -2.33. The molecule has 0 radical (unpaired) electrons. The van der Waals surface area contributed by atoms with Crippen LogP contribution < -0.4 is 10.1 Å². The molecule has 0 aromatic heterocycles. The third-order valence-corrected chi connectivity index (χ3v) is 3.57. The molecular weight excluding hydrogens is 306 g/mol. The Morgan fingerprint density at radius 1 is 1.08 bits per heavy atom. The summed E-state index contributed by atoms with van der Waals surface area (Å²) in [6.45, 7) is 1.86. The fourth-order valence-corrected chi connectivity index (χ4v) is 2.29. The SMILES string of the molecule is Cc1ccc(OCC(=O)NC(CCC(=O)O)c2ccccc2)cc1. The minimum Gasteiger partial charge on any atom is -0.484 e. The second-order valence-electron chi connectivity index (χ2n) is 5.56. The molecule has 2 rings (SSSR count). The lowest BCUT2D eigenvalue weighted by molar-refractivity contribution is -0.137. The van der Waals surface area contributed by atoms with Crippen molar-refractivity contribution in [1.29, 1.82) is 0 Å². The molecule has 2 N–H and O–H groups in total. The maximum Gasteiger partial charge on any atom is 0.303 e. The lowest BCUT2D eigenvalue weighted by atomic mass is 10.0. The van der Waals surface area contributed by atoms with Crippen LogP contribution in [0.3, 0.4) is 0 Å². The molecule has 0 aliphatic carbocycles. The van der Waals surface area contributed by atoms with Crippen LogP contribution in [0.4, 0.5) is 0 Å². The van der Waals surface area contributed by atoms with E-state index in [-0.39, 0.29) is 25.0 Å². The zero-order valence-corrected chi connectivity index (χ0v) is 13.6. The molecule has 0 heterocycles. The van der Waals surface area contributed by atoms with E-state index >= 15 is 0 Å². The summed E-state index contributed by atoms with van der Waals surface area (Å²) in [7, 11) is 0. The standard InChI is InChI=1S/C19H21NO4/c1-14-7-9-16(10-8-14)24-13-18(21)20-17(11-12-19(22)23)15-5-3-2-4-6-15/h2-10,17H,11-13H2,1H3,(H,20,21)(H,22,23). The van der Waals surface area contributed by atoms with Gasteiger partial charge in [0, 0.05) is 6.42 Å². The van der Waals surface area contributed by atoms with Crippen LogP contribution in [0.2, 0.25) is 0 Å². The van der Waals surface area contributed by atoms with Crippen LogP contribution in [-0.4, -0.2) is 23.6 Å². The molecule has 5 heteroatoms. The van der Waals surface area contributed by atoms with Gasteiger partial charge >= 0.3 is 5.97 Å². The molecular formula is C19H21NO4. The molecule has 2 aromatic rings. The summed E-state index contributed by atoms with van der Waals surface area (Å²) in [6, 6.07) is 16.4. The van der Waals surface area contributed by atoms with Gasteiger partial charge in [0.1, 0.15) is 5.75 Å². The summed E-state index contributed by atoms with van der Waals surface area (Å²) in [5.74, 6) is -0.548. The fraction of sp³-hybridized carbons (Fsp3) is 0.263. The van der Waals surface area contributed by atoms with Crippen molar-refractivity contribution in [2.24, 2.45) is 0 Å². The summed E-state index contributed by atoms with van der Waals surface area (Å²) >= 11 is 0. The highest BCUT2D eigenvalue weighted by Gasteiger charge is 2.16. The Morgan fingerprint density at radius 3 is 2.38 bits per heavy atom. The monoisotopic (exact) mass is 327 g/mol. The van der Waals surface area contributed by atoms with Crippen LogP contribution in [0.5, 0.6) is 5.75 Å². The molecule has 0 bridgehead atoms. The highest BCUT2D eigenvalue weighted by atomic mass is 16.5. The third kappa shape index (κ3) is 5.76. The molecule has 1 amide bonds. The van der Waals surface area contributed by atoms with E-state index in [0.29, 0.717) is 12.2 Å². The molecule has 2 aromatic carbocycles. The summed E-state index contributed by atoms with van der Waals surface area (Å²) in [5.41, 5.74) is 1.99. The quantitative estimate of drug-likeness (QED) is 0.781. The van der Waals surface area contributed by atoms with Gasteiger partial charge in [0.15, 0.2) is 6.61 Å². The molecule has 0 spiro atoms. The first-order valence-corrected chi connectivity index (χ1v) is 7.80. The second kappa shape index (κ2) is 8.72. The molecule has 126 valence electrons. The predicted octanol–water partition coefficient (Wildman–Crippen LogP) is 3.10. The summed E-state index contributed by atoms with van der Waals surface area (Å²) in [6.07, 6.45) is 0.314. The second-order valence-corrected chi connectivity index (χ2v) is 5.56. The topological polar surface area (TPSA) is 75.6 Å². The minimum atomic E-state index is -0.888. The Hall–Kier alpha value is -2.82. The highest BCUT2D eigenvalue weighted by Crippen LogP contribution is 2.18. The van der Waals surface area contributed by atoms with Crippen molar-refractivity contribution in [2.45, 2.75) is 25.8 Å². The number of hydrogen-bond donors (Lipinski definition) is 2. The third-order valence-electron chi connectivity index (χ3n) is 3.57. The maximum absolute atomic E-state index is 12.1. The average molecular weight is 327 g/mol. The van der Waals surface area contributed by atoms with Gasteiger partial charge in [0.05, 0.1) is 6.04 Å². The molecule has 0 aliphatic rings. The van der Waals surface area contributed by atoms with Crippen molar-refractivity contribution in [1.82, 2.24) is 5.32 Å². The summed E-state index contributed by atoms with van der Waals surface area (Å²) < 4.78 is 5.46. The largest absolute Gasteiger partial charge is 0.484 e. The van der Waals surface area contributed by atoms with Gasteiger partial charge in [-0.1, -0.05) is 48.0 Å². The van der Waals surface area contributed by atoms with Crippen LogP contribution in [0.15, 0.2) is 54.6 Å². The first-order valence-electron chi connectivity index (χ1n) is 7.80. The zero-order chi connectivity index (χ0) is 17.4. The van der Waals surface area contributed by atoms with Gasteiger partial charge in [0.2, 0.25) is 0 Å². The number of rotatable bonds is 8. The number of carbonyl (C=O) groups excluding carboxylic acids is 1. The van der Waals surface area contributed by atoms with E-state index in [4.69, 9.17) is 9.84 Å². The number of aliphatic carboxylic acids is 1. The maximum atomic E-state index is 12.1. The van der Waals surface area contributed by atoms with Gasteiger partial charge in [-0.3, -0.25) is 9.59 Å². The van der Waals surface area contributed by atoms with E-state index in [9.17, 15) is 9.59 Å². The Morgan fingerprint density at radius 2 is 1.75 bits per heavy atom. The lowest BCUT2D eigenvalue weighted by Gasteiger charge is -2.18. The number of carboxylic acids is 1. The Balaban J connectivity index is 1.93. The molecule has 24 heavy (non-hydrogen) atoms. The molecule has 5 nitrogen and oxygen atoms in total. The zero-order valence-electron chi connectivity index (χ0n) is 13.6. The first-order chi connectivity index (χ1) is 11.5.